The minimum Gasteiger partial charge on any atom is -0.370 e. The van der Waals surface area contributed by atoms with Crippen molar-refractivity contribution in [2.24, 2.45) is 0 Å². The second-order valence-corrected chi connectivity index (χ2v) is 7.69. The van der Waals surface area contributed by atoms with E-state index in [2.05, 4.69) is 78.6 Å². The number of para-hydroxylation sites is 1. The molecule has 2 aromatic rings. The average molecular weight is 342 g/mol. The number of hydrogen-bond donors (Lipinski definition) is 2. The third-order valence-corrected chi connectivity index (χ3v) is 3.92. The van der Waals surface area contributed by atoms with Crippen molar-refractivity contribution in [3.63, 3.8) is 0 Å². The third kappa shape index (κ3) is 6.02. The minimum absolute atomic E-state index is 0.0684. The van der Waals surface area contributed by atoms with E-state index in [0.717, 1.165) is 42.7 Å². The fourth-order valence-corrected chi connectivity index (χ4v) is 2.72. The van der Waals surface area contributed by atoms with Gasteiger partial charge >= 0.3 is 0 Å². The van der Waals surface area contributed by atoms with Crippen molar-refractivity contribution >= 4 is 17.3 Å². The van der Waals surface area contributed by atoms with Gasteiger partial charge in [0.25, 0.3) is 0 Å². The highest BCUT2D eigenvalue weighted by molar-refractivity contribution is 5.64. The van der Waals surface area contributed by atoms with Gasteiger partial charge in [-0.2, -0.15) is 0 Å². The lowest BCUT2D eigenvalue weighted by Crippen LogP contribution is -2.17. The fourth-order valence-electron chi connectivity index (χ4n) is 2.72. The van der Waals surface area contributed by atoms with Gasteiger partial charge in [-0.3, -0.25) is 0 Å². The van der Waals surface area contributed by atoms with Crippen molar-refractivity contribution < 1.29 is 0 Å². The molecule has 0 spiro atoms. The molecule has 136 valence electrons. The van der Waals surface area contributed by atoms with Gasteiger partial charge < -0.3 is 15.5 Å². The normalized spacial score (nSPS) is 11.6. The molecule has 5 heteroatoms. The number of aromatic nitrogens is 2. The molecule has 0 aliphatic rings. The molecule has 2 N–H and O–H groups in total. The van der Waals surface area contributed by atoms with E-state index < -0.39 is 0 Å². The highest BCUT2D eigenvalue weighted by Crippen LogP contribution is 2.31. The maximum absolute atomic E-state index is 4.54. The molecule has 25 heavy (non-hydrogen) atoms. The van der Waals surface area contributed by atoms with Crippen LogP contribution < -0.4 is 10.6 Å². The van der Waals surface area contributed by atoms with Crippen LogP contribution in [0.4, 0.5) is 17.3 Å². The molecule has 0 saturated heterocycles. The number of aryl methyl sites for hydroxylation is 1. The smallest absolute Gasteiger partial charge is 0.136 e. The van der Waals surface area contributed by atoms with Gasteiger partial charge in [-0.25, -0.2) is 9.97 Å². The van der Waals surface area contributed by atoms with Crippen molar-refractivity contribution in [2.45, 2.75) is 39.5 Å². The van der Waals surface area contributed by atoms with Crippen LogP contribution in [0.15, 0.2) is 30.3 Å². The van der Waals surface area contributed by atoms with Gasteiger partial charge in [-0.1, -0.05) is 39.0 Å². The van der Waals surface area contributed by atoms with E-state index in [9.17, 15) is 0 Å². The summed E-state index contributed by atoms with van der Waals surface area (Å²) in [6.45, 7) is 10.5. The van der Waals surface area contributed by atoms with Gasteiger partial charge in [0.05, 0.1) is 0 Å². The lowest BCUT2D eigenvalue weighted by Gasteiger charge is -2.23. The predicted octanol–water partition coefficient (Wildman–Crippen LogP) is 4.19. The molecular formula is C20H31N5. The molecule has 1 heterocycles. The van der Waals surface area contributed by atoms with Gasteiger partial charge in [0.15, 0.2) is 0 Å². The largest absolute Gasteiger partial charge is 0.370 e. The molecule has 0 atom stereocenters. The molecule has 0 bridgehead atoms. The zero-order chi connectivity index (χ0) is 18.4. The Bertz CT molecular complexity index is 689. The maximum Gasteiger partial charge on any atom is 0.136 e. The summed E-state index contributed by atoms with van der Waals surface area (Å²) < 4.78 is 0. The molecule has 0 fully saturated rings. The summed E-state index contributed by atoms with van der Waals surface area (Å²) in [5, 5.41) is 6.86. The highest BCUT2D eigenvalue weighted by Gasteiger charge is 2.17. The van der Waals surface area contributed by atoms with Gasteiger partial charge in [0, 0.05) is 18.3 Å². The van der Waals surface area contributed by atoms with Crippen LogP contribution in [0.25, 0.3) is 0 Å². The van der Waals surface area contributed by atoms with Crippen LogP contribution in [-0.4, -0.2) is 42.1 Å². The molecule has 0 aliphatic heterocycles. The third-order valence-electron chi connectivity index (χ3n) is 3.92. The Morgan fingerprint density at radius 2 is 1.72 bits per heavy atom. The minimum atomic E-state index is 0.0684. The van der Waals surface area contributed by atoms with E-state index in [4.69, 9.17) is 0 Å². The Kier molecular flexibility index (Phi) is 6.37. The molecular weight excluding hydrogens is 310 g/mol. The Balaban J connectivity index is 2.13. The Labute approximate surface area is 151 Å². The van der Waals surface area contributed by atoms with Crippen molar-refractivity contribution in [3.8, 4) is 0 Å². The molecule has 2 rings (SSSR count). The van der Waals surface area contributed by atoms with Crippen molar-refractivity contribution in [2.75, 3.05) is 37.8 Å². The summed E-state index contributed by atoms with van der Waals surface area (Å²) in [7, 11) is 4.17. The monoisotopic (exact) mass is 341 g/mol. The quantitative estimate of drug-likeness (QED) is 0.740. The molecule has 1 aromatic carbocycles. The SMILES string of the molecule is Cc1nc(NCCCN(C)C)cc(Nc2ccccc2C(C)(C)C)n1. The van der Waals surface area contributed by atoms with Gasteiger partial charge in [-0.15, -0.1) is 0 Å². The van der Waals surface area contributed by atoms with Crippen LogP contribution in [0.3, 0.4) is 0 Å². The number of rotatable bonds is 7. The first-order valence-corrected chi connectivity index (χ1v) is 8.86. The predicted molar refractivity (Wildman–Crippen MR) is 107 cm³/mol. The Morgan fingerprint density at radius 1 is 1.04 bits per heavy atom. The highest BCUT2D eigenvalue weighted by atomic mass is 15.1. The molecule has 0 aliphatic carbocycles. The van der Waals surface area contributed by atoms with Crippen LogP contribution in [0, 0.1) is 6.92 Å². The summed E-state index contributed by atoms with van der Waals surface area (Å²) in [4.78, 5) is 11.2. The zero-order valence-corrected chi connectivity index (χ0v) is 16.3. The van der Waals surface area contributed by atoms with Crippen molar-refractivity contribution in [3.05, 3.63) is 41.7 Å². The molecule has 5 nitrogen and oxygen atoms in total. The van der Waals surface area contributed by atoms with Gasteiger partial charge in [-0.05, 0) is 51.0 Å². The molecule has 0 amide bonds. The van der Waals surface area contributed by atoms with Gasteiger partial charge in [0.1, 0.15) is 17.5 Å². The summed E-state index contributed by atoms with van der Waals surface area (Å²) >= 11 is 0. The lowest BCUT2D eigenvalue weighted by atomic mass is 9.86. The van der Waals surface area contributed by atoms with E-state index in [1.807, 2.05) is 19.1 Å². The zero-order valence-electron chi connectivity index (χ0n) is 16.3. The standard InChI is InChI=1S/C20H31N5/c1-15-22-18(21-12-9-13-25(5)6)14-19(23-15)24-17-11-8-7-10-16(17)20(2,3)4/h7-8,10-11,14H,9,12-13H2,1-6H3,(H2,21,22,23,24). The first kappa shape index (κ1) is 19.2. The number of nitrogens with one attached hydrogen (secondary N) is 2. The van der Waals surface area contributed by atoms with Crippen molar-refractivity contribution in [1.29, 1.82) is 0 Å². The van der Waals surface area contributed by atoms with E-state index in [0.29, 0.717) is 0 Å². The first-order chi connectivity index (χ1) is 11.8. The number of benzene rings is 1. The fraction of sp³-hybridized carbons (Fsp3) is 0.500. The lowest BCUT2D eigenvalue weighted by molar-refractivity contribution is 0.405. The maximum atomic E-state index is 4.54. The topological polar surface area (TPSA) is 53.1 Å². The number of nitrogens with zero attached hydrogens (tertiary/aromatic N) is 3. The summed E-state index contributed by atoms with van der Waals surface area (Å²) in [6.07, 6.45) is 1.08. The average Bonchev–Trinajstić information content (AvgIpc) is 2.50. The van der Waals surface area contributed by atoms with Crippen LogP contribution in [-0.2, 0) is 5.41 Å². The second-order valence-electron chi connectivity index (χ2n) is 7.69. The van der Waals surface area contributed by atoms with Gasteiger partial charge in [0.2, 0.25) is 0 Å². The summed E-state index contributed by atoms with van der Waals surface area (Å²) in [5.41, 5.74) is 2.43. The van der Waals surface area contributed by atoms with Crippen LogP contribution in [0.2, 0.25) is 0 Å². The molecule has 0 radical (unpaired) electrons. The summed E-state index contributed by atoms with van der Waals surface area (Å²) in [5.74, 6) is 2.44. The molecule has 0 saturated carbocycles. The van der Waals surface area contributed by atoms with Crippen LogP contribution >= 0.6 is 0 Å². The van der Waals surface area contributed by atoms with Crippen LogP contribution in [0.5, 0.6) is 0 Å². The number of anilines is 3. The van der Waals surface area contributed by atoms with E-state index in [1.54, 1.807) is 0 Å². The van der Waals surface area contributed by atoms with Crippen LogP contribution in [0.1, 0.15) is 38.6 Å². The molecule has 1 aromatic heterocycles. The molecule has 0 unspecified atom stereocenters. The van der Waals surface area contributed by atoms with E-state index in [-0.39, 0.29) is 5.41 Å². The summed E-state index contributed by atoms with van der Waals surface area (Å²) in [6, 6.07) is 10.4. The second kappa shape index (κ2) is 8.30. The Morgan fingerprint density at radius 3 is 2.40 bits per heavy atom. The first-order valence-electron chi connectivity index (χ1n) is 8.86. The van der Waals surface area contributed by atoms with Crippen molar-refractivity contribution in [1.82, 2.24) is 14.9 Å². The van der Waals surface area contributed by atoms with E-state index >= 15 is 0 Å². The Hall–Kier alpha value is -2.14. The number of hydrogen-bond acceptors (Lipinski definition) is 5. The van der Waals surface area contributed by atoms with E-state index in [1.165, 1.54) is 5.56 Å².